The van der Waals surface area contributed by atoms with Gasteiger partial charge >= 0.3 is 0 Å². The first-order valence-corrected chi connectivity index (χ1v) is 8.15. The van der Waals surface area contributed by atoms with Crippen molar-refractivity contribution >= 4 is 25.8 Å². The molecule has 19 heavy (non-hydrogen) atoms. The van der Waals surface area contributed by atoms with E-state index in [0.29, 0.717) is 5.75 Å². The fourth-order valence-electron chi connectivity index (χ4n) is 1.57. The smallest absolute Gasteiger partial charge is 0.238 e. The Bertz CT molecular complexity index is 714. The van der Waals surface area contributed by atoms with Gasteiger partial charge in [0.25, 0.3) is 0 Å². The Balaban J connectivity index is 2.44. The largest absolute Gasteiger partial charge is 0.437 e. The van der Waals surface area contributed by atoms with Crippen molar-refractivity contribution in [3.05, 3.63) is 46.6 Å². The Morgan fingerprint density at radius 2 is 2.00 bits per heavy atom. The van der Waals surface area contributed by atoms with Crippen LogP contribution in [-0.4, -0.2) is 19.7 Å². The first-order chi connectivity index (χ1) is 8.88. The second kappa shape index (κ2) is 5.30. The van der Waals surface area contributed by atoms with Gasteiger partial charge in [-0.3, -0.25) is 0 Å². The van der Waals surface area contributed by atoms with Crippen molar-refractivity contribution in [3.63, 3.8) is 0 Å². The summed E-state index contributed by atoms with van der Waals surface area (Å²) in [7, 11) is -3.37. The summed E-state index contributed by atoms with van der Waals surface area (Å²) < 4.78 is 29.9. The standard InChI is InChI=1S/C13H12BrNO3S/c1-9-8-10(14)5-6-11(9)18-13-12(19(2,16)17)4-3-7-15-13/h3-8H,1-2H3. The van der Waals surface area contributed by atoms with Crippen LogP contribution in [-0.2, 0) is 9.84 Å². The highest BCUT2D eigenvalue weighted by molar-refractivity contribution is 9.10. The predicted octanol–water partition coefficient (Wildman–Crippen LogP) is 3.35. The minimum Gasteiger partial charge on any atom is -0.437 e. The summed E-state index contributed by atoms with van der Waals surface area (Å²) in [5.41, 5.74) is 0.888. The van der Waals surface area contributed by atoms with E-state index in [-0.39, 0.29) is 10.8 Å². The molecule has 4 nitrogen and oxygen atoms in total. The minimum absolute atomic E-state index is 0.0809. The number of aromatic nitrogens is 1. The van der Waals surface area contributed by atoms with E-state index in [4.69, 9.17) is 4.74 Å². The Morgan fingerprint density at radius 1 is 1.26 bits per heavy atom. The molecule has 0 unspecified atom stereocenters. The molecule has 0 aliphatic carbocycles. The molecule has 0 atom stereocenters. The van der Waals surface area contributed by atoms with E-state index in [2.05, 4.69) is 20.9 Å². The first kappa shape index (κ1) is 14.0. The summed E-state index contributed by atoms with van der Waals surface area (Å²) in [6.45, 7) is 1.88. The molecule has 0 aliphatic rings. The molecule has 0 spiro atoms. The Morgan fingerprint density at radius 3 is 2.63 bits per heavy atom. The molecule has 1 aromatic carbocycles. The van der Waals surface area contributed by atoms with Gasteiger partial charge in [0.05, 0.1) is 0 Å². The lowest BCUT2D eigenvalue weighted by Gasteiger charge is -2.10. The van der Waals surface area contributed by atoms with E-state index in [9.17, 15) is 8.42 Å². The molecule has 0 amide bonds. The maximum Gasteiger partial charge on any atom is 0.238 e. The van der Waals surface area contributed by atoms with Crippen LogP contribution >= 0.6 is 15.9 Å². The molecule has 1 heterocycles. The van der Waals surface area contributed by atoms with Crippen molar-refractivity contribution in [2.75, 3.05) is 6.26 Å². The summed E-state index contributed by atoms with van der Waals surface area (Å²) >= 11 is 3.36. The molecule has 0 saturated heterocycles. The number of halogens is 1. The molecular formula is C13H12BrNO3S. The van der Waals surface area contributed by atoms with Crippen molar-refractivity contribution in [3.8, 4) is 11.6 Å². The van der Waals surface area contributed by atoms with Crippen molar-refractivity contribution in [1.29, 1.82) is 0 Å². The van der Waals surface area contributed by atoms with E-state index < -0.39 is 9.84 Å². The van der Waals surface area contributed by atoms with Crippen molar-refractivity contribution in [2.24, 2.45) is 0 Å². The number of nitrogens with zero attached hydrogens (tertiary/aromatic N) is 1. The average molecular weight is 342 g/mol. The Labute approximate surface area is 120 Å². The third-order valence-electron chi connectivity index (χ3n) is 2.48. The third kappa shape index (κ3) is 3.33. The van der Waals surface area contributed by atoms with Crippen LogP contribution in [0, 0.1) is 6.92 Å². The van der Waals surface area contributed by atoms with Crippen molar-refractivity contribution in [2.45, 2.75) is 11.8 Å². The number of ether oxygens (including phenoxy) is 1. The van der Waals surface area contributed by atoms with Gasteiger partial charge in [-0.1, -0.05) is 15.9 Å². The minimum atomic E-state index is -3.37. The number of benzene rings is 1. The summed E-state index contributed by atoms with van der Waals surface area (Å²) in [4.78, 5) is 4.07. The summed E-state index contributed by atoms with van der Waals surface area (Å²) in [5, 5.41) is 0. The summed E-state index contributed by atoms with van der Waals surface area (Å²) in [5.74, 6) is 0.669. The van der Waals surface area contributed by atoms with Crippen LogP contribution in [0.25, 0.3) is 0 Å². The monoisotopic (exact) mass is 341 g/mol. The lowest BCUT2D eigenvalue weighted by molar-refractivity contribution is 0.444. The fourth-order valence-corrected chi connectivity index (χ4v) is 2.78. The quantitative estimate of drug-likeness (QED) is 0.858. The highest BCUT2D eigenvalue weighted by Crippen LogP contribution is 2.29. The van der Waals surface area contributed by atoms with Gasteiger partial charge in [0.15, 0.2) is 9.84 Å². The van der Waals surface area contributed by atoms with Crippen LogP contribution in [0.4, 0.5) is 0 Å². The molecule has 0 N–H and O–H groups in total. The maximum atomic E-state index is 11.7. The molecule has 0 saturated carbocycles. The van der Waals surface area contributed by atoms with Gasteiger partial charge in [0.2, 0.25) is 5.88 Å². The molecule has 2 rings (SSSR count). The normalized spacial score (nSPS) is 11.3. The fraction of sp³-hybridized carbons (Fsp3) is 0.154. The number of rotatable bonds is 3. The summed E-state index contributed by atoms with van der Waals surface area (Å²) in [6, 6.07) is 8.52. The zero-order valence-corrected chi connectivity index (χ0v) is 12.8. The Hall–Kier alpha value is -1.40. The topological polar surface area (TPSA) is 56.3 Å². The van der Waals surface area contributed by atoms with Crippen LogP contribution in [0.3, 0.4) is 0 Å². The maximum absolute atomic E-state index is 11.7. The van der Waals surface area contributed by atoms with E-state index in [1.54, 1.807) is 12.1 Å². The molecule has 2 aromatic rings. The van der Waals surface area contributed by atoms with Crippen molar-refractivity contribution in [1.82, 2.24) is 4.98 Å². The van der Waals surface area contributed by atoms with E-state index in [1.165, 1.54) is 12.3 Å². The first-order valence-electron chi connectivity index (χ1n) is 5.47. The summed E-state index contributed by atoms with van der Waals surface area (Å²) in [6.07, 6.45) is 2.63. The van der Waals surface area contributed by atoms with Gasteiger partial charge in [0.1, 0.15) is 10.6 Å². The van der Waals surface area contributed by atoms with E-state index in [1.807, 2.05) is 19.1 Å². The van der Waals surface area contributed by atoms with E-state index in [0.717, 1.165) is 16.3 Å². The van der Waals surface area contributed by atoms with Crippen molar-refractivity contribution < 1.29 is 13.2 Å². The SMILES string of the molecule is Cc1cc(Br)ccc1Oc1ncccc1S(C)(=O)=O. The second-order valence-electron chi connectivity index (χ2n) is 4.09. The number of aryl methyl sites for hydroxylation is 1. The molecule has 0 bridgehead atoms. The number of hydrogen-bond donors (Lipinski definition) is 0. The van der Waals surface area contributed by atoms with Gasteiger partial charge in [-0.15, -0.1) is 0 Å². The highest BCUT2D eigenvalue weighted by atomic mass is 79.9. The van der Waals surface area contributed by atoms with Crippen LogP contribution in [0.15, 0.2) is 45.9 Å². The number of hydrogen-bond acceptors (Lipinski definition) is 4. The lowest BCUT2D eigenvalue weighted by Crippen LogP contribution is -2.02. The second-order valence-corrected chi connectivity index (χ2v) is 6.99. The molecule has 0 aliphatic heterocycles. The van der Waals surface area contributed by atoms with Crippen LogP contribution in [0.2, 0.25) is 0 Å². The molecule has 100 valence electrons. The molecule has 0 radical (unpaired) electrons. The zero-order chi connectivity index (χ0) is 14.0. The van der Waals surface area contributed by atoms with Gasteiger partial charge in [-0.25, -0.2) is 13.4 Å². The molecular weight excluding hydrogens is 330 g/mol. The third-order valence-corrected chi connectivity index (χ3v) is 4.08. The average Bonchev–Trinajstić information content (AvgIpc) is 2.32. The molecule has 0 fully saturated rings. The number of sulfone groups is 1. The van der Waals surface area contributed by atoms with Gasteiger partial charge in [0, 0.05) is 16.9 Å². The van der Waals surface area contributed by atoms with Gasteiger partial charge in [-0.2, -0.15) is 0 Å². The van der Waals surface area contributed by atoms with E-state index >= 15 is 0 Å². The predicted molar refractivity (Wildman–Crippen MR) is 76.3 cm³/mol. The Kier molecular flexibility index (Phi) is 3.91. The number of pyridine rings is 1. The van der Waals surface area contributed by atoms with Crippen LogP contribution in [0.1, 0.15) is 5.56 Å². The molecule has 6 heteroatoms. The van der Waals surface area contributed by atoms with Crippen LogP contribution in [0.5, 0.6) is 11.6 Å². The highest BCUT2D eigenvalue weighted by Gasteiger charge is 2.16. The van der Waals surface area contributed by atoms with Gasteiger partial charge in [-0.05, 0) is 42.8 Å². The van der Waals surface area contributed by atoms with Crippen LogP contribution < -0.4 is 4.74 Å². The lowest BCUT2D eigenvalue weighted by atomic mass is 10.2. The molecule has 1 aromatic heterocycles. The van der Waals surface area contributed by atoms with Gasteiger partial charge < -0.3 is 4.74 Å². The zero-order valence-electron chi connectivity index (χ0n) is 10.4.